The Morgan fingerprint density at radius 3 is 2.19 bits per heavy atom. The maximum atomic E-state index is 11.9. The van der Waals surface area contributed by atoms with Crippen LogP contribution in [0.5, 0.6) is 0 Å². The van der Waals surface area contributed by atoms with Crippen LogP contribution in [0.15, 0.2) is 17.4 Å². The van der Waals surface area contributed by atoms with Gasteiger partial charge in [0.2, 0.25) is 0 Å². The summed E-state index contributed by atoms with van der Waals surface area (Å²) in [5.41, 5.74) is 4.01. The van der Waals surface area contributed by atoms with Gasteiger partial charge in [-0.05, 0) is 46.3 Å². The topological polar surface area (TPSA) is 44.8 Å². The molecule has 0 aromatic carbocycles. The van der Waals surface area contributed by atoms with Crippen LogP contribution in [-0.4, -0.2) is 19.3 Å². The van der Waals surface area contributed by atoms with Crippen molar-refractivity contribution >= 4 is 7.82 Å². The first kappa shape index (κ1) is 15.6. The minimum Gasteiger partial charge on any atom is -0.287 e. The first-order valence-electron chi connectivity index (χ1n) is 5.41. The molecule has 4 nitrogen and oxygen atoms in total. The summed E-state index contributed by atoms with van der Waals surface area (Å²) in [6.45, 7) is 9.67. The Hall–Kier alpha value is -0.370. The third-order valence-electron chi connectivity index (χ3n) is 1.48. The molecule has 0 saturated heterocycles. The minimum absolute atomic E-state index is 0.288. The molecule has 0 radical (unpaired) electrons. The van der Waals surface area contributed by atoms with E-state index in [0.717, 1.165) is 5.57 Å². The Bertz CT molecular complexity index is 291. The lowest BCUT2D eigenvalue weighted by Crippen LogP contribution is -2.07. The van der Waals surface area contributed by atoms with Crippen molar-refractivity contribution in [3.8, 4) is 0 Å². The molecule has 0 bridgehead atoms. The zero-order valence-electron chi connectivity index (χ0n) is 10.6. The van der Waals surface area contributed by atoms with Gasteiger partial charge < -0.3 is 0 Å². The van der Waals surface area contributed by atoms with Crippen LogP contribution in [0.25, 0.3) is 0 Å². The van der Waals surface area contributed by atoms with Crippen LogP contribution >= 0.6 is 7.82 Å². The summed E-state index contributed by atoms with van der Waals surface area (Å²) in [5, 5.41) is 0. The fraction of sp³-hybridized carbons (Fsp3) is 0.727. The molecule has 0 saturated carbocycles. The summed E-state index contributed by atoms with van der Waals surface area (Å²) >= 11 is 0. The monoisotopic (exact) mass is 248 g/mol. The van der Waals surface area contributed by atoms with Gasteiger partial charge in [0, 0.05) is 0 Å². The molecule has 0 aliphatic rings. The van der Waals surface area contributed by atoms with E-state index in [1.54, 1.807) is 26.8 Å². The fourth-order valence-corrected chi connectivity index (χ4v) is 2.23. The molecule has 0 spiro atoms. The third kappa shape index (κ3) is 7.00. The molecule has 5 heteroatoms. The number of phosphoric acid groups is 1. The summed E-state index contributed by atoms with van der Waals surface area (Å²) in [6.07, 6.45) is 1.33. The Balaban J connectivity index is 4.52. The smallest absolute Gasteiger partial charge is 0.287 e. The van der Waals surface area contributed by atoms with Crippen LogP contribution in [0.3, 0.4) is 0 Å². The lowest BCUT2D eigenvalue weighted by Gasteiger charge is -2.18. The highest BCUT2D eigenvalue weighted by Gasteiger charge is 2.27. The van der Waals surface area contributed by atoms with Crippen LogP contribution in [0, 0.1) is 0 Å². The van der Waals surface area contributed by atoms with Crippen molar-refractivity contribution in [3.05, 3.63) is 17.4 Å². The maximum absolute atomic E-state index is 11.9. The van der Waals surface area contributed by atoms with Gasteiger partial charge in [0.25, 0.3) is 0 Å². The normalized spacial score (nSPS) is 13.1. The number of rotatable bonds is 7. The predicted octanol–water partition coefficient (Wildman–Crippen LogP) is 3.69. The van der Waals surface area contributed by atoms with Crippen LogP contribution in [-0.2, 0) is 18.1 Å². The first-order chi connectivity index (χ1) is 7.43. The molecule has 0 N–H and O–H groups in total. The Morgan fingerprint density at radius 2 is 1.81 bits per heavy atom. The van der Waals surface area contributed by atoms with Crippen molar-refractivity contribution in [2.24, 2.45) is 0 Å². The van der Waals surface area contributed by atoms with Crippen molar-refractivity contribution in [2.75, 3.05) is 13.2 Å². The molecule has 1 atom stereocenters. The van der Waals surface area contributed by atoms with Crippen molar-refractivity contribution in [1.82, 2.24) is 0 Å². The highest BCUT2D eigenvalue weighted by atomic mass is 31.2. The molecular formula is C11H21O4P. The van der Waals surface area contributed by atoms with E-state index in [4.69, 9.17) is 13.6 Å². The van der Waals surface area contributed by atoms with Crippen LogP contribution < -0.4 is 0 Å². The molecule has 0 aromatic heterocycles. The zero-order valence-corrected chi connectivity index (χ0v) is 11.5. The van der Waals surface area contributed by atoms with E-state index < -0.39 is 7.82 Å². The van der Waals surface area contributed by atoms with E-state index in [2.05, 4.69) is 5.73 Å². The largest absolute Gasteiger partial charge is 0.475 e. The lowest BCUT2D eigenvalue weighted by atomic mass is 10.3. The summed E-state index contributed by atoms with van der Waals surface area (Å²) in [6, 6.07) is 0. The molecule has 1 unspecified atom stereocenters. The quantitative estimate of drug-likeness (QED) is 0.509. The fourth-order valence-electron chi connectivity index (χ4n) is 0.932. The van der Waals surface area contributed by atoms with Gasteiger partial charge in [-0.25, -0.2) is 4.57 Å². The van der Waals surface area contributed by atoms with Crippen molar-refractivity contribution in [2.45, 2.75) is 40.7 Å². The van der Waals surface area contributed by atoms with Crippen LogP contribution in [0.1, 0.15) is 34.6 Å². The van der Waals surface area contributed by atoms with Gasteiger partial charge in [-0.3, -0.25) is 13.6 Å². The molecule has 0 aliphatic carbocycles. The second kappa shape index (κ2) is 7.83. The van der Waals surface area contributed by atoms with Crippen molar-refractivity contribution in [1.29, 1.82) is 0 Å². The van der Waals surface area contributed by atoms with E-state index >= 15 is 0 Å². The Kier molecular flexibility index (Phi) is 7.65. The SMILES string of the molecule is CCOP(=O)(OCC)OC(C)C=C=C(C)C. The standard InChI is InChI=1S/C11H21O4P/c1-6-13-16(12,14-7-2)15-11(5)9-8-10(3)4/h9,11H,6-7H2,1-5H3. The van der Waals surface area contributed by atoms with E-state index in [1.165, 1.54) is 0 Å². The van der Waals surface area contributed by atoms with Gasteiger partial charge in [-0.1, -0.05) is 0 Å². The molecule has 0 aliphatic heterocycles. The summed E-state index contributed by atoms with van der Waals surface area (Å²) in [7, 11) is -3.42. The second-order valence-corrected chi connectivity index (χ2v) is 5.03. The Labute approximate surface area is 97.9 Å². The average molecular weight is 248 g/mol. The predicted molar refractivity (Wildman–Crippen MR) is 64.3 cm³/mol. The van der Waals surface area contributed by atoms with Crippen LogP contribution in [0.4, 0.5) is 0 Å². The van der Waals surface area contributed by atoms with Gasteiger partial charge >= 0.3 is 7.82 Å². The molecule has 0 amide bonds. The lowest BCUT2D eigenvalue weighted by molar-refractivity contribution is 0.106. The number of hydrogen-bond acceptors (Lipinski definition) is 4. The molecule has 0 aromatic rings. The molecule has 0 heterocycles. The van der Waals surface area contributed by atoms with E-state index in [-0.39, 0.29) is 19.3 Å². The molecule has 94 valence electrons. The van der Waals surface area contributed by atoms with Crippen molar-refractivity contribution in [3.63, 3.8) is 0 Å². The zero-order chi connectivity index (χ0) is 12.6. The van der Waals surface area contributed by atoms with E-state index in [9.17, 15) is 4.57 Å². The average Bonchev–Trinajstić information content (AvgIpc) is 2.15. The highest BCUT2D eigenvalue weighted by molar-refractivity contribution is 7.48. The van der Waals surface area contributed by atoms with Gasteiger partial charge in [0.15, 0.2) is 0 Å². The van der Waals surface area contributed by atoms with Crippen LogP contribution in [0.2, 0.25) is 0 Å². The minimum atomic E-state index is -3.42. The second-order valence-electron chi connectivity index (χ2n) is 3.40. The molecule has 0 fully saturated rings. The molecule has 16 heavy (non-hydrogen) atoms. The Morgan fingerprint density at radius 1 is 1.31 bits per heavy atom. The highest BCUT2D eigenvalue weighted by Crippen LogP contribution is 2.50. The summed E-state index contributed by atoms with van der Waals surface area (Å²) in [4.78, 5) is 0. The summed E-state index contributed by atoms with van der Waals surface area (Å²) < 4.78 is 27.2. The number of hydrogen-bond donors (Lipinski definition) is 0. The van der Waals surface area contributed by atoms with E-state index in [0.29, 0.717) is 0 Å². The van der Waals surface area contributed by atoms with Gasteiger partial charge in [0.1, 0.15) is 0 Å². The molecule has 0 rings (SSSR count). The maximum Gasteiger partial charge on any atom is 0.475 e. The number of phosphoric ester groups is 1. The van der Waals surface area contributed by atoms with Gasteiger partial charge in [-0.2, -0.15) is 0 Å². The third-order valence-corrected chi connectivity index (χ3v) is 3.22. The van der Waals surface area contributed by atoms with Gasteiger partial charge in [-0.15, -0.1) is 5.73 Å². The van der Waals surface area contributed by atoms with E-state index in [1.807, 2.05) is 13.8 Å². The van der Waals surface area contributed by atoms with Gasteiger partial charge in [0.05, 0.1) is 19.3 Å². The first-order valence-corrected chi connectivity index (χ1v) is 6.87. The molecular weight excluding hydrogens is 227 g/mol. The summed E-state index contributed by atoms with van der Waals surface area (Å²) in [5.74, 6) is 0. The van der Waals surface area contributed by atoms with Crippen molar-refractivity contribution < 1.29 is 18.1 Å².